The molecule has 0 N–H and O–H groups in total. The molecule has 0 bridgehead atoms. The fraction of sp³-hybridized carbons (Fsp3) is 0.533. The monoisotopic (exact) mass is 301 g/mol. The average Bonchev–Trinajstić information content (AvgIpc) is 2.92. The van der Waals surface area contributed by atoms with Crippen molar-refractivity contribution < 1.29 is 22.7 Å². The summed E-state index contributed by atoms with van der Waals surface area (Å²) in [5.74, 6) is -0.453. The number of carbonyl (C=O) groups is 1. The average molecular weight is 301 g/mol. The minimum absolute atomic E-state index is 0.136. The molecule has 0 heterocycles. The fourth-order valence-corrected chi connectivity index (χ4v) is 2.75. The summed E-state index contributed by atoms with van der Waals surface area (Å²) in [4.78, 5) is 14.2. The number of ether oxygens (including phenoxy) is 1. The molecule has 0 spiro atoms. The van der Waals surface area contributed by atoms with Crippen LogP contribution in [0.3, 0.4) is 0 Å². The van der Waals surface area contributed by atoms with Gasteiger partial charge in [-0.3, -0.25) is 4.79 Å². The molecule has 1 amide bonds. The Kier molecular flexibility index (Phi) is 4.75. The molecule has 0 atom stereocenters. The molecule has 0 unspecified atom stereocenters. The second-order valence-electron chi connectivity index (χ2n) is 5.10. The lowest BCUT2D eigenvalue weighted by molar-refractivity contribution is -0.274. The summed E-state index contributed by atoms with van der Waals surface area (Å²) in [7, 11) is 0. The molecule has 0 saturated heterocycles. The van der Waals surface area contributed by atoms with E-state index in [1.165, 1.54) is 24.3 Å². The van der Waals surface area contributed by atoms with Gasteiger partial charge in [-0.05, 0) is 44.0 Å². The maximum atomic E-state index is 12.4. The van der Waals surface area contributed by atoms with E-state index in [1.54, 1.807) is 4.90 Å². The van der Waals surface area contributed by atoms with E-state index in [4.69, 9.17) is 0 Å². The fourth-order valence-electron chi connectivity index (χ4n) is 2.75. The largest absolute Gasteiger partial charge is 0.573 e. The Bertz CT molecular complexity index is 479. The number of nitrogens with zero attached hydrogens (tertiary/aromatic N) is 1. The van der Waals surface area contributed by atoms with Crippen LogP contribution in [0.15, 0.2) is 24.3 Å². The number of amides is 1. The predicted molar refractivity (Wildman–Crippen MR) is 72.1 cm³/mol. The van der Waals surface area contributed by atoms with Gasteiger partial charge >= 0.3 is 6.36 Å². The topological polar surface area (TPSA) is 29.5 Å². The highest BCUT2D eigenvalue weighted by Crippen LogP contribution is 2.26. The number of carbonyl (C=O) groups excluding carboxylic acids is 1. The molecule has 1 aliphatic rings. The van der Waals surface area contributed by atoms with Crippen LogP contribution in [0.25, 0.3) is 0 Å². The number of rotatable bonds is 4. The molecule has 1 saturated carbocycles. The quantitative estimate of drug-likeness (QED) is 0.841. The van der Waals surface area contributed by atoms with Gasteiger partial charge < -0.3 is 9.64 Å². The summed E-state index contributed by atoms with van der Waals surface area (Å²) in [6.07, 6.45) is -0.492. The van der Waals surface area contributed by atoms with Crippen LogP contribution in [0, 0.1) is 0 Å². The summed E-state index contributed by atoms with van der Waals surface area (Å²) >= 11 is 0. The lowest BCUT2D eigenvalue weighted by Gasteiger charge is -2.27. The minimum atomic E-state index is -4.72. The normalized spacial score (nSPS) is 16.0. The van der Waals surface area contributed by atoms with Gasteiger partial charge in [0.1, 0.15) is 5.75 Å². The molecule has 3 nitrogen and oxygen atoms in total. The SMILES string of the molecule is CCN(C(=O)c1ccc(OC(F)(F)F)cc1)C1CCCC1. The van der Waals surface area contributed by atoms with Gasteiger partial charge in [-0.1, -0.05) is 12.8 Å². The van der Waals surface area contributed by atoms with E-state index in [1.807, 2.05) is 6.92 Å². The Morgan fingerprint density at radius 3 is 2.29 bits per heavy atom. The Labute approximate surface area is 121 Å². The predicted octanol–water partition coefficient (Wildman–Crippen LogP) is 3.99. The molecule has 0 radical (unpaired) electrons. The zero-order valence-electron chi connectivity index (χ0n) is 11.8. The van der Waals surface area contributed by atoms with Crippen LogP contribution in [-0.4, -0.2) is 29.8 Å². The molecule has 21 heavy (non-hydrogen) atoms. The number of benzene rings is 1. The Balaban J connectivity index is 2.08. The summed E-state index contributed by atoms with van der Waals surface area (Å²) in [5, 5.41) is 0. The van der Waals surface area contributed by atoms with Crippen LogP contribution in [-0.2, 0) is 0 Å². The lowest BCUT2D eigenvalue weighted by Crippen LogP contribution is -2.38. The van der Waals surface area contributed by atoms with Crippen LogP contribution >= 0.6 is 0 Å². The van der Waals surface area contributed by atoms with Crippen molar-refractivity contribution in [1.82, 2.24) is 4.90 Å². The van der Waals surface area contributed by atoms with E-state index in [9.17, 15) is 18.0 Å². The van der Waals surface area contributed by atoms with E-state index in [0.717, 1.165) is 25.7 Å². The van der Waals surface area contributed by atoms with Crippen LogP contribution in [0.4, 0.5) is 13.2 Å². The van der Waals surface area contributed by atoms with E-state index in [-0.39, 0.29) is 17.7 Å². The van der Waals surface area contributed by atoms with E-state index < -0.39 is 6.36 Å². The van der Waals surface area contributed by atoms with Crippen molar-refractivity contribution in [3.8, 4) is 5.75 Å². The zero-order chi connectivity index (χ0) is 15.5. The van der Waals surface area contributed by atoms with Gasteiger partial charge in [-0.2, -0.15) is 0 Å². The van der Waals surface area contributed by atoms with Crippen molar-refractivity contribution in [2.75, 3.05) is 6.54 Å². The third-order valence-corrected chi connectivity index (χ3v) is 3.70. The van der Waals surface area contributed by atoms with Crippen molar-refractivity contribution >= 4 is 5.91 Å². The van der Waals surface area contributed by atoms with Crippen LogP contribution < -0.4 is 4.74 Å². The van der Waals surface area contributed by atoms with Gasteiger partial charge in [-0.25, -0.2) is 0 Å². The van der Waals surface area contributed by atoms with Crippen LogP contribution in [0.2, 0.25) is 0 Å². The molecular weight excluding hydrogens is 283 g/mol. The summed E-state index contributed by atoms with van der Waals surface area (Å²) in [6.45, 7) is 2.52. The van der Waals surface area contributed by atoms with Crippen molar-refractivity contribution in [2.24, 2.45) is 0 Å². The molecular formula is C15H18F3NO2. The minimum Gasteiger partial charge on any atom is -0.406 e. The summed E-state index contributed by atoms with van der Waals surface area (Å²) in [5.41, 5.74) is 0.387. The highest BCUT2D eigenvalue weighted by Gasteiger charge is 2.31. The first-order valence-corrected chi connectivity index (χ1v) is 7.07. The molecule has 116 valence electrons. The van der Waals surface area contributed by atoms with Crippen molar-refractivity contribution in [2.45, 2.75) is 45.0 Å². The second kappa shape index (κ2) is 6.37. The van der Waals surface area contributed by atoms with Gasteiger partial charge in [0.25, 0.3) is 5.91 Å². The van der Waals surface area contributed by atoms with Crippen LogP contribution in [0.5, 0.6) is 5.75 Å². The molecule has 0 aromatic heterocycles. The van der Waals surface area contributed by atoms with E-state index >= 15 is 0 Å². The van der Waals surface area contributed by atoms with Crippen molar-refractivity contribution in [3.05, 3.63) is 29.8 Å². The number of alkyl halides is 3. The summed E-state index contributed by atoms with van der Waals surface area (Å²) in [6, 6.07) is 5.34. The molecule has 1 aromatic rings. The molecule has 0 aliphatic heterocycles. The lowest BCUT2D eigenvalue weighted by atomic mass is 10.1. The first-order valence-electron chi connectivity index (χ1n) is 7.07. The Morgan fingerprint density at radius 1 is 1.24 bits per heavy atom. The molecule has 2 rings (SSSR count). The number of hydrogen-bond acceptors (Lipinski definition) is 2. The second-order valence-corrected chi connectivity index (χ2v) is 5.10. The first-order chi connectivity index (χ1) is 9.90. The van der Waals surface area contributed by atoms with E-state index in [2.05, 4.69) is 4.74 Å². The third kappa shape index (κ3) is 4.12. The van der Waals surface area contributed by atoms with Crippen LogP contribution in [0.1, 0.15) is 43.0 Å². The third-order valence-electron chi connectivity index (χ3n) is 3.70. The van der Waals surface area contributed by atoms with Gasteiger partial charge in [0.2, 0.25) is 0 Å². The maximum absolute atomic E-state index is 12.4. The molecule has 1 aromatic carbocycles. The van der Waals surface area contributed by atoms with E-state index in [0.29, 0.717) is 12.1 Å². The smallest absolute Gasteiger partial charge is 0.406 e. The highest BCUT2D eigenvalue weighted by molar-refractivity contribution is 5.94. The van der Waals surface area contributed by atoms with Gasteiger partial charge in [0.15, 0.2) is 0 Å². The number of hydrogen-bond donors (Lipinski definition) is 0. The van der Waals surface area contributed by atoms with Crippen molar-refractivity contribution in [3.63, 3.8) is 0 Å². The van der Waals surface area contributed by atoms with Gasteiger partial charge in [0, 0.05) is 18.2 Å². The molecule has 1 aliphatic carbocycles. The van der Waals surface area contributed by atoms with Gasteiger partial charge in [0.05, 0.1) is 0 Å². The maximum Gasteiger partial charge on any atom is 0.573 e. The van der Waals surface area contributed by atoms with Crippen molar-refractivity contribution in [1.29, 1.82) is 0 Å². The highest BCUT2D eigenvalue weighted by atomic mass is 19.4. The molecule has 1 fully saturated rings. The standard InChI is InChI=1S/C15H18F3NO2/c1-2-19(12-5-3-4-6-12)14(20)11-7-9-13(10-8-11)21-15(16,17)18/h7-10,12H,2-6H2,1H3. The first kappa shape index (κ1) is 15.7. The van der Waals surface area contributed by atoms with Gasteiger partial charge in [-0.15, -0.1) is 13.2 Å². The molecule has 6 heteroatoms. The Morgan fingerprint density at radius 2 is 1.81 bits per heavy atom. The summed E-state index contributed by atoms with van der Waals surface area (Å²) < 4.78 is 40.1. The Hall–Kier alpha value is -1.72. The zero-order valence-corrected chi connectivity index (χ0v) is 11.8. The number of halogens is 3.